The minimum absolute atomic E-state index is 0.0941. The van der Waals surface area contributed by atoms with Crippen LogP contribution in [0.15, 0.2) is 24.3 Å². The van der Waals surface area contributed by atoms with E-state index in [4.69, 9.17) is 9.84 Å². The number of unbranched alkanes of at least 4 members (excludes halogenated alkanes) is 5. The number of hydrogen-bond donors (Lipinski definition) is 1. The Morgan fingerprint density at radius 2 is 1.70 bits per heavy atom. The number of aliphatic hydroxyl groups excluding tert-OH is 1. The fraction of sp³-hybridized carbons (Fsp3) is 0.556. The maximum absolute atomic E-state index is 8.62. The Kier molecular flexibility index (Phi) is 9.65. The Morgan fingerprint density at radius 1 is 1.00 bits per heavy atom. The Hall–Kier alpha value is -1.30. The van der Waals surface area contributed by atoms with Crippen molar-refractivity contribution in [1.29, 1.82) is 0 Å². The van der Waals surface area contributed by atoms with Crippen molar-refractivity contribution in [3.05, 3.63) is 35.4 Å². The summed E-state index contributed by atoms with van der Waals surface area (Å²) in [6.45, 7) is 3.66. The quantitative estimate of drug-likeness (QED) is 0.546. The van der Waals surface area contributed by atoms with E-state index in [0.717, 1.165) is 18.6 Å². The first-order chi connectivity index (χ1) is 9.86. The molecule has 0 amide bonds. The molecule has 20 heavy (non-hydrogen) atoms. The molecule has 110 valence electrons. The van der Waals surface area contributed by atoms with Gasteiger partial charge in [-0.1, -0.05) is 63.0 Å². The highest BCUT2D eigenvalue weighted by Crippen LogP contribution is 2.07. The summed E-state index contributed by atoms with van der Waals surface area (Å²) >= 11 is 0. The lowest BCUT2D eigenvalue weighted by atomic mass is 10.1. The second-order valence-electron chi connectivity index (χ2n) is 4.98. The molecule has 1 aromatic rings. The predicted octanol–water partition coefficient (Wildman–Crippen LogP) is 3.91. The molecule has 0 aliphatic carbocycles. The van der Waals surface area contributed by atoms with Crippen LogP contribution in [0.4, 0.5) is 0 Å². The molecule has 0 aliphatic rings. The van der Waals surface area contributed by atoms with Gasteiger partial charge in [0.15, 0.2) is 0 Å². The van der Waals surface area contributed by atoms with Crippen molar-refractivity contribution in [2.45, 2.75) is 52.1 Å². The van der Waals surface area contributed by atoms with E-state index in [9.17, 15) is 0 Å². The van der Waals surface area contributed by atoms with Crippen LogP contribution in [0.5, 0.6) is 0 Å². The van der Waals surface area contributed by atoms with Crippen molar-refractivity contribution in [2.75, 3.05) is 13.2 Å². The summed E-state index contributed by atoms with van der Waals surface area (Å²) in [7, 11) is 0. The molecule has 1 aromatic carbocycles. The number of rotatable bonds is 9. The van der Waals surface area contributed by atoms with Crippen molar-refractivity contribution in [1.82, 2.24) is 0 Å². The highest BCUT2D eigenvalue weighted by atomic mass is 16.5. The Labute approximate surface area is 123 Å². The molecule has 2 heteroatoms. The zero-order chi connectivity index (χ0) is 14.5. The SMILES string of the molecule is CCCCCCCCOCc1ccc(C#CCO)cc1. The van der Waals surface area contributed by atoms with E-state index in [1.54, 1.807) is 0 Å². The normalized spacial score (nSPS) is 10.1. The summed E-state index contributed by atoms with van der Waals surface area (Å²) < 4.78 is 5.67. The molecule has 0 bridgehead atoms. The second-order valence-corrected chi connectivity index (χ2v) is 4.98. The molecule has 1 N–H and O–H groups in total. The van der Waals surface area contributed by atoms with Crippen LogP contribution in [-0.2, 0) is 11.3 Å². The van der Waals surface area contributed by atoms with Crippen LogP contribution in [0.2, 0.25) is 0 Å². The van der Waals surface area contributed by atoms with Gasteiger partial charge in [-0.25, -0.2) is 0 Å². The third-order valence-electron chi connectivity index (χ3n) is 3.18. The third kappa shape index (κ3) is 7.99. The summed E-state index contributed by atoms with van der Waals surface area (Å²) in [5.41, 5.74) is 2.10. The molecule has 0 saturated heterocycles. The molecular formula is C18H26O2. The monoisotopic (exact) mass is 274 g/mol. The number of hydrogen-bond acceptors (Lipinski definition) is 2. The lowest BCUT2D eigenvalue weighted by Gasteiger charge is -2.04. The van der Waals surface area contributed by atoms with Crippen LogP contribution in [-0.4, -0.2) is 18.3 Å². The molecule has 0 aliphatic heterocycles. The molecule has 0 fully saturated rings. The number of ether oxygens (including phenoxy) is 1. The first-order valence-corrected chi connectivity index (χ1v) is 7.63. The first kappa shape index (κ1) is 16.8. The van der Waals surface area contributed by atoms with Crippen molar-refractivity contribution in [2.24, 2.45) is 0 Å². The summed E-state index contributed by atoms with van der Waals surface area (Å²) in [4.78, 5) is 0. The molecular weight excluding hydrogens is 248 g/mol. The van der Waals surface area contributed by atoms with Gasteiger partial charge in [0, 0.05) is 12.2 Å². The molecule has 0 heterocycles. The smallest absolute Gasteiger partial charge is 0.104 e. The molecule has 0 aromatic heterocycles. The summed E-state index contributed by atoms with van der Waals surface area (Å²) in [5.74, 6) is 5.52. The van der Waals surface area contributed by atoms with Crippen molar-refractivity contribution in [3.63, 3.8) is 0 Å². The topological polar surface area (TPSA) is 29.5 Å². The van der Waals surface area contributed by atoms with Gasteiger partial charge in [-0.3, -0.25) is 0 Å². The van der Waals surface area contributed by atoms with Gasteiger partial charge < -0.3 is 9.84 Å². The molecule has 0 atom stereocenters. The minimum Gasteiger partial charge on any atom is -0.384 e. The average Bonchev–Trinajstić information content (AvgIpc) is 2.49. The summed E-state index contributed by atoms with van der Waals surface area (Å²) in [6.07, 6.45) is 7.77. The molecule has 0 radical (unpaired) electrons. The first-order valence-electron chi connectivity index (χ1n) is 7.63. The van der Waals surface area contributed by atoms with E-state index >= 15 is 0 Å². The Morgan fingerprint density at radius 3 is 2.40 bits per heavy atom. The van der Waals surface area contributed by atoms with Gasteiger partial charge in [0.25, 0.3) is 0 Å². The van der Waals surface area contributed by atoms with Crippen molar-refractivity contribution < 1.29 is 9.84 Å². The van der Waals surface area contributed by atoms with Crippen LogP contribution in [0.1, 0.15) is 56.6 Å². The summed E-state index contributed by atoms with van der Waals surface area (Å²) in [6, 6.07) is 7.99. The number of benzene rings is 1. The van der Waals surface area contributed by atoms with E-state index < -0.39 is 0 Å². The van der Waals surface area contributed by atoms with Crippen LogP contribution in [0, 0.1) is 11.8 Å². The predicted molar refractivity (Wildman–Crippen MR) is 83.4 cm³/mol. The van der Waals surface area contributed by atoms with Crippen LogP contribution < -0.4 is 0 Å². The number of aliphatic hydroxyl groups is 1. The van der Waals surface area contributed by atoms with Crippen molar-refractivity contribution >= 4 is 0 Å². The maximum atomic E-state index is 8.62. The lowest BCUT2D eigenvalue weighted by molar-refractivity contribution is 0.116. The van der Waals surface area contributed by atoms with Gasteiger partial charge in [0.1, 0.15) is 6.61 Å². The van der Waals surface area contributed by atoms with Gasteiger partial charge in [0.05, 0.1) is 6.61 Å². The lowest BCUT2D eigenvalue weighted by Crippen LogP contribution is -1.95. The van der Waals surface area contributed by atoms with Gasteiger partial charge in [-0.15, -0.1) is 0 Å². The van der Waals surface area contributed by atoms with E-state index in [0.29, 0.717) is 6.61 Å². The highest BCUT2D eigenvalue weighted by Gasteiger charge is 1.95. The zero-order valence-electron chi connectivity index (χ0n) is 12.5. The minimum atomic E-state index is -0.0941. The molecule has 0 spiro atoms. The maximum Gasteiger partial charge on any atom is 0.104 e. The standard InChI is InChI=1S/C18H26O2/c1-2-3-4-5-6-7-15-20-16-18-12-10-17(11-13-18)9-8-14-19/h10-13,19H,2-7,14-16H2,1H3. The largest absolute Gasteiger partial charge is 0.384 e. The van der Waals surface area contributed by atoms with Gasteiger partial charge in [-0.05, 0) is 24.1 Å². The summed E-state index contributed by atoms with van der Waals surface area (Å²) in [5, 5.41) is 8.62. The molecule has 0 saturated carbocycles. The van der Waals surface area contributed by atoms with Crippen LogP contribution in [0.3, 0.4) is 0 Å². The molecule has 1 rings (SSSR count). The second kappa shape index (κ2) is 11.5. The van der Waals surface area contributed by atoms with E-state index in [2.05, 4.69) is 18.8 Å². The van der Waals surface area contributed by atoms with Gasteiger partial charge in [0.2, 0.25) is 0 Å². The fourth-order valence-electron chi connectivity index (χ4n) is 2.00. The van der Waals surface area contributed by atoms with Gasteiger partial charge in [-0.2, -0.15) is 0 Å². The van der Waals surface area contributed by atoms with E-state index in [-0.39, 0.29) is 6.61 Å². The Balaban J connectivity index is 2.10. The highest BCUT2D eigenvalue weighted by molar-refractivity contribution is 5.35. The zero-order valence-corrected chi connectivity index (χ0v) is 12.5. The van der Waals surface area contributed by atoms with Gasteiger partial charge >= 0.3 is 0 Å². The third-order valence-corrected chi connectivity index (χ3v) is 3.18. The van der Waals surface area contributed by atoms with Crippen LogP contribution >= 0.6 is 0 Å². The average molecular weight is 274 g/mol. The fourth-order valence-corrected chi connectivity index (χ4v) is 2.00. The Bertz CT molecular complexity index is 398. The van der Waals surface area contributed by atoms with E-state index in [1.807, 2.05) is 24.3 Å². The molecule has 2 nitrogen and oxygen atoms in total. The van der Waals surface area contributed by atoms with Crippen molar-refractivity contribution in [3.8, 4) is 11.8 Å². The molecule has 0 unspecified atom stereocenters. The van der Waals surface area contributed by atoms with Crippen LogP contribution in [0.25, 0.3) is 0 Å². The van der Waals surface area contributed by atoms with E-state index in [1.165, 1.54) is 37.7 Å².